The molecule has 24 heavy (non-hydrogen) atoms. The number of rotatable bonds is 7. The van der Waals surface area contributed by atoms with Crippen LogP contribution >= 0.6 is 23.2 Å². The van der Waals surface area contributed by atoms with Crippen LogP contribution in [0.15, 0.2) is 48.5 Å². The van der Waals surface area contributed by atoms with E-state index in [4.69, 9.17) is 28.9 Å². The smallest absolute Gasteiger partial charge is 0.255 e. The maximum atomic E-state index is 12.8. The third-order valence-corrected chi connectivity index (χ3v) is 4.14. The molecule has 0 saturated carbocycles. The van der Waals surface area contributed by atoms with Gasteiger partial charge in [-0.1, -0.05) is 53.5 Å². The predicted octanol–water partition coefficient (Wildman–Crippen LogP) is 3.55. The minimum atomic E-state index is -0.449. The van der Waals surface area contributed by atoms with E-state index in [-0.39, 0.29) is 23.9 Å². The molecule has 2 N–H and O–H groups in total. The normalized spacial score (nSPS) is 10.4. The molecule has 0 radical (unpaired) electrons. The van der Waals surface area contributed by atoms with Gasteiger partial charge in [0.1, 0.15) is 0 Å². The van der Waals surface area contributed by atoms with Crippen molar-refractivity contribution >= 4 is 35.0 Å². The fourth-order valence-corrected chi connectivity index (χ4v) is 2.79. The molecule has 0 aliphatic rings. The second-order valence-electron chi connectivity index (χ2n) is 5.37. The summed E-state index contributed by atoms with van der Waals surface area (Å²) in [5.74, 6) is -0.691. The standard InChI is InChI=1S/C18H18Cl2N2O2/c19-14-6-7-15(16(20)12-14)18(24)22(11-9-17(21)23)10-8-13-4-2-1-3-5-13/h1-7,12H,8-11H2,(H2,21,23). The van der Waals surface area contributed by atoms with E-state index in [1.54, 1.807) is 17.0 Å². The molecule has 0 aliphatic heterocycles. The van der Waals surface area contributed by atoms with E-state index in [0.717, 1.165) is 5.56 Å². The zero-order valence-electron chi connectivity index (χ0n) is 13.0. The van der Waals surface area contributed by atoms with Gasteiger partial charge >= 0.3 is 0 Å². The topological polar surface area (TPSA) is 63.4 Å². The van der Waals surface area contributed by atoms with Crippen LogP contribution in [0.25, 0.3) is 0 Å². The van der Waals surface area contributed by atoms with E-state index in [0.29, 0.717) is 23.6 Å². The van der Waals surface area contributed by atoms with Crippen LogP contribution < -0.4 is 5.73 Å². The number of amides is 2. The van der Waals surface area contributed by atoms with Gasteiger partial charge in [-0.25, -0.2) is 0 Å². The first-order chi connectivity index (χ1) is 11.5. The van der Waals surface area contributed by atoms with Gasteiger partial charge in [-0.2, -0.15) is 0 Å². The number of benzene rings is 2. The van der Waals surface area contributed by atoms with Gasteiger partial charge in [-0.05, 0) is 30.2 Å². The number of primary amides is 1. The Kier molecular flexibility index (Phi) is 6.64. The van der Waals surface area contributed by atoms with E-state index >= 15 is 0 Å². The molecule has 0 aromatic heterocycles. The number of carbonyl (C=O) groups is 2. The molecule has 2 aromatic rings. The fraction of sp³-hybridized carbons (Fsp3) is 0.222. The Morgan fingerprint density at radius 1 is 1.00 bits per heavy atom. The summed E-state index contributed by atoms with van der Waals surface area (Å²) in [6, 6.07) is 14.5. The van der Waals surface area contributed by atoms with Crippen molar-refractivity contribution in [3.8, 4) is 0 Å². The molecule has 0 bridgehead atoms. The highest BCUT2D eigenvalue weighted by Gasteiger charge is 2.19. The van der Waals surface area contributed by atoms with Gasteiger partial charge in [0.05, 0.1) is 10.6 Å². The number of nitrogens with two attached hydrogens (primary N) is 1. The first-order valence-corrected chi connectivity index (χ1v) is 8.29. The molecule has 0 fully saturated rings. The van der Waals surface area contributed by atoms with E-state index in [2.05, 4.69) is 0 Å². The van der Waals surface area contributed by atoms with Crippen molar-refractivity contribution in [1.82, 2.24) is 4.90 Å². The van der Waals surface area contributed by atoms with Gasteiger partial charge < -0.3 is 10.6 Å². The van der Waals surface area contributed by atoms with Crippen molar-refractivity contribution < 1.29 is 9.59 Å². The molecule has 126 valence electrons. The van der Waals surface area contributed by atoms with Gasteiger partial charge in [-0.15, -0.1) is 0 Å². The highest BCUT2D eigenvalue weighted by molar-refractivity contribution is 6.36. The molecule has 0 unspecified atom stereocenters. The van der Waals surface area contributed by atoms with Crippen LogP contribution in [-0.4, -0.2) is 29.8 Å². The van der Waals surface area contributed by atoms with E-state index in [1.807, 2.05) is 30.3 Å². The average molecular weight is 365 g/mol. The molecular formula is C18H18Cl2N2O2. The molecule has 6 heteroatoms. The lowest BCUT2D eigenvalue weighted by Gasteiger charge is -2.23. The fourth-order valence-electron chi connectivity index (χ4n) is 2.30. The lowest BCUT2D eigenvalue weighted by molar-refractivity contribution is -0.118. The zero-order valence-corrected chi connectivity index (χ0v) is 14.6. The maximum absolute atomic E-state index is 12.8. The Labute approximate surface area is 151 Å². The van der Waals surface area contributed by atoms with Gasteiger partial charge in [0.2, 0.25) is 5.91 Å². The van der Waals surface area contributed by atoms with Crippen LogP contribution in [0, 0.1) is 0 Å². The summed E-state index contributed by atoms with van der Waals surface area (Å²) < 4.78 is 0. The van der Waals surface area contributed by atoms with Crippen LogP contribution in [0.1, 0.15) is 22.3 Å². The number of carbonyl (C=O) groups excluding carboxylic acids is 2. The van der Waals surface area contributed by atoms with Crippen LogP contribution in [0.4, 0.5) is 0 Å². The van der Waals surface area contributed by atoms with Gasteiger partial charge in [0.15, 0.2) is 0 Å². The highest BCUT2D eigenvalue weighted by Crippen LogP contribution is 2.22. The quantitative estimate of drug-likeness (QED) is 0.816. The molecule has 2 aromatic carbocycles. The van der Waals surface area contributed by atoms with E-state index < -0.39 is 5.91 Å². The molecular weight excluding hydrogens is 347 g/mol. The molecule has 0 heterocycles. The van der Waals surface area contributed by atoms with Crippen molar-refractivity contribution in [1.29, 1.82) is 0 Å². The minimum Gasteiger partial charge on any atom is -0.370 e. The summed E-state index contributed by atoms with van der Waals surface area (Å²) >= 11 is 12.0. The Morgan fingerprint density at radius 2 is 1.71 bits per heavy atom. The lowest BCUT2D eigenvalue weighted by Crippen LogP contribution is -2.35. The number of halogens is 2. The van der Waals surface area contributed by atoms with Crippen molar-refractivity contribution in [2.24, 2.45) is 5.73 Å². The van der Waals surface area contributed by atoms with Gasteiger partial charge in [0.25, 0.3) is 5.91 Å². The Hall–Kier alpha value is -2.04. The van der Waals surface area contributed by atoms with E-state index in [9.17, 15) is 9.59 Å². The van der Waals surface area contributed by atoms with Gasteiger partial charge in [0, 0.05) is 24.5 Å². The molecule has 0 spiro atoms. The second-order valence-corrected chi connectivity index (χ2v) is 6.21. The second kappa shape index (κ2) is 8.71. The first kappa shape index (κ1) is 18.3. The van der Waals surface area contributed by atoms with Crippen molar-refractivity contribution in [3.63, 3.8) is 0 Å². The summed E-state index contributed by atoms with van der Waals surface area (Å²) in [6.45, 7) is 0.717. The third kappa shape index (κ3) is 5.25. The van der Waals surface area contributed by atoms with Crippen molar-refractivity contribution in [2.45, 2.75) is 12.8 Å². The summed E-state index contributed by atoms with van der Waals surface area (Å²) in [6.07, 6.45) is 0.780. The molecule has 0 atom stereocenters. The molecule has 4 nitrogen and oxygen atoms in total. The van der Waals surface area contributed by atoms with Gasteiger partial charge in [-0.3, -0.25) is 9.59 Å². The van der Waals surface area contributed by atoms with Crippen LogP contribution in [0.3, 0.4) is 0 Å². The minimum absolute atomic E-state index is 0.103. The molecule has 0 saturated heterocycles. The molecule has 2 rings (SSSR count). The van der Waals surface area contributed by atoms with Crippen molar-refractivity contribution in [3.05, 3.63) is 69.7 Å². The lowest BCUT2D eigenvalue weighted by atomic mass is 10.1. The Bertz CT molecular complexity index is 720. The molecule has 2 amide bonds. The largest absolute Gasteiger partial charge is 0.370 e. The summed E-state index contributed by atoms with van der Waals surface area (Å²) in [5.41, 5.74) is 6.68. The number of hydrogen-bond acceptors (Lipinski definition) is 2. The van der Waals surface area contributed by atoms with E-state index in [1.165, 1.54) is 6.07 Å². The number of hydrogen-bond donors (Lipinski definition) is 1. The first-order valence-electron chi connectivity index (χ1n) is 7.54. The summed E-state index contributed by atoms with van der Waals surface area (Å²) in [7, 11) is 0. The summed E-state index contributed by atoms with van der Waals surface area (Å²) in [4.78, 5) is 25.4. The maximum Gasteiger partial charge on any atom is 0.255 e. The SMILES string of the molecule is NC(=O)CCN(CCc1ccccc1)C(=O)c1ccc(Cl)cc1Cl. The molecule has 0 aliphatic carbocycles. The van der Waals surface area contributed by atoms with Crippen LogP contribution in [0.2, 0.25) is 10.0 Å². The monoisotopic (exact) mass is 364 g/mol. The Morgan fingerprint density at radius 3 is 2.33 bits per heavy atom. The average Bonchev–Trinajstić information content (AvgIpc) is 2.55. The predicted molar refractivity (Wildman–Crippen MR) is 96.3 cm³/mol. The summed E-state index contributed by atoms with van der Waals surface area (Å²) in [5, 5.41) is 0.751. The zero-order chi connectivity index (χ0) is 17.5. The Balaban J connectivity index is 2.14. The third-order valence-electron chi connectivity index (χ3n) is 3.59. The van der Waals surface area contributed by atoms with Crippen LogP contribution in [-0.2, 0) is 11.2 Å². The van der Waals surface area contributed by atoms with Crippen molar-refractivity contribution in [2.75, 3.05) is 13.1 Å². The number of nitrogens with zero attached hydrogens (tertiary/aromatic N) is 1. The highest BCUT2D eigenvalue weighted by atomic mass is 35.5. The van der Waals surface area contributed by atoms with Crippen LogP contribution in [0.5, 0.6) is 0 Å².